The summed E-state index contributed by atoms with van der Waals surface area (Å²) >= 11 is 0. The van der Waals surface area contributed by atoms with Gasteiger partial charge < -0.3 is 14.6 Å². The largest absolute Gasteiger partial charge is 0.493 e. The number of rotatable bonds is 2. The molecule has 1 aromatic rings. The van der Waals surface area contributed by atoms with Crippen LogP contribution in [0.3, 0.4) is 0 Å². The quantitative estimate of drug-likeness (QED) is 0.900. The highest BCUT2D eigenvalue weighted by molar-refractivity contribution is 5.49. The van der Waals surface area contributed by atoms with Crippen LogP contribution in [0, 0.1) is 5.92 Å². The summed E-state index contributed by atoms with van der Waals surface area (Å²) in [6.07, 6.45) is 1.99. The standard InChI is InChI=1S/C16H23NO3/c1-11-5-4-8-17(9-11)13-10-20-16-12(15(13)18)6-3-7-14(16)19-2/h3,6-7,11,13,15,18H,4-5,8-10H2,1-2H3. The summed E-state index contributed by atoms with van der Waals surface area (Å²) in [4.78, 5) is 2.38. The lowest BCUT2D eigenvalue weighted by molar-refractivity contribution is -0.0135. The molecule has 2 aliphatic rings. The molecule has 1 saturated heterocycles. The number of aliphatic hydroxyl groups is 1. The normalized spacial score (nSPS) is 30.4. The SMILES string of the molecule is COc1cccc2c1OCC(N1CCCC(C)C1)C2O. The first-order valence-electron chi connectivity index (χ1n) is 7.42. The van der Waals surface area contributed by atoms with E-state index in [1.165, 1.54) is 12.8 Å². The van der Waals surface area contributed by atoms with Crippen LogP contribution in [0.15, 0.2) is 18.2 Å². The van der Waals surface area contributed by atoms with Gasteiger partial charge in [-0.3, -0.25) is 4.90 Å². The molecule has 0 aromatic heterocycles. The maximum Gasteiger partial charge on any atom is 0.167 e. The highest BCUT2D eigenvalue weighted by Gasteiger charge is 2.36. The number of hydrogen-bond acceptors (Lipinski definition) is 4. The molecule has 0 radical (unpaired) electrons. The van der Waals surface area contributed by atoms with E-state index in [2.05, 4.69) is 11.8 Å². The van der Waals surface area contributed by atoms with Gasteiger partial charge in [-0.1, -0.05) is 19.1 Å². The van der Waals surface area contributed by atoms with E-state index in [9.17, 15) is 5.11 Å². The zero-order chi connectivity index (χ0) is 14.1. The van der Waals surface area contributed by atoms with Gasteiger partial charge in [0.15, 0.2) is 11.5 Å². The smallest absolute Gasteiger partial charge is 0.167 e. The Kier molecular flexibility index (Phi) is 3.85. The molecule has 0 aliphatic carbocycles. The fraction of sp³-hybridized carbons (Fsp3) is 0.625. The summed E-state index contributed by atoms with van der Waals surface area (Å²) in [7, 11) is 1.63. The second-order valence-electron chi connectivity index (χ2n) is 5.94. The summed E-state index contributed by atoms with van der Waals surface area (Å²) in [5.41, 5.74) is 0.846. The van der Waals surface area contributed by atoms with E-state index in [0.29, 0.717) is 24.0 Å². The van der Waals surface area contributed by atoms with Crippen LogP contribution in [0.2, 0.25) is 0 Å². The Bertz CT molecular complexity index is 477. The molecule has 1 N–H and O–H groups in total. The number of fused-ring (bicyclic) bond motifs is 1. The maximum atomic E-state index is 10.7. The lowest BCUT2D eigenvalue weighted by Crippen LogP contribution is -2.49. The zero-order valence-corrected chi connectivity index (χ0v) is 12.2. The van der Waals surface area contributed by atoms with Crippen LogP contribution in [0.1, 0.15) is 31.4 Å². The van der Waals surface area contributed by atoms with E-state index in [-0.39, 0.29) is 6.04 Å². The minimum absolute atomic E-state index is 0.0531. The number of para-hydroxylation sites is 1. The van der Waals surface area contributed by atoms with Gasteiger partial charge in [0.25, 0.3) is 0 Å². The van der Waals surface area contributed by atoms with Crippen molar-refractivity contribution >= 4 is 0 Å². The molecule has 3 rings (SSSR count). The number of hydrogen-bond donors (Lipinski definition) is 1. The summed E-state index contributed by atoms with van der Waals surface area (Å²) < 4.78 is 11.2. The molecule has 0 saturated carbocycles. The number of piperidine rings is 1. The molecule has 20 heavy (non-hydrogen) atoms. The van der Waals surface area contributed by atoms with Crippen molar-refractivity contribution in [2.24, 2.45) is 5.92 Å². The number of nitrogens with zero attached hydrogens (tertiary/aromatic N) is 1. The average Bonchev–Trinajstić information content (AvgIpc) is 2.47. The number of aliphatic hydroxyl groups excluding tert-OH is 1. The molecule has 4 heteroatoms. The van der Waals surface area contributed by atoms with Gasteiger partial charge in [-0.25, -0.2) is 0 Å². The van der Waals surface area contributed by atoms with Crippen LogP contribution in [0.25, 0.3) is 0 Å². The topological polar surface area (TPSA) is 41.9 Å². The summed E-state index contributed by atoms with van der Waals surface area (Å²) in [5.74, 6) is 2.10. The van der Waals surface area contributed by atoms with Gasteiger partial charge in [0.1, 0.15) is 12.7 Å². The predicted molar refractivity (Wildman–Crippen MR) is 77.2 cm³/mol. The predicted octanol–water partition coefficient (Wildman–Crippen LogP) is 2.22. The molecule has 4 nitrogen and oxygen atoms in total. The minimum Gasteiger partial charge on any atom is -0.493 e. The third kappa shape index (κ3) is 2.38. The first kappa shape index (κ1) is 13.7. The number of likely N-dealkylation sites (tertiary alicyclic amines) is 1. The first-order valence-corrected chi connectivity index (χ1v) is 7.42. The van der Waals surface area contributed by atoms with Gasteiger partial charge in [-0.15, -0.1) is 0 Å². The number of methoxy groups -OCH3 is 1. The Labute approximate surface area is 120 Å². The van der Waals surface area contributed by atoms with E-state index in [4.69, 9.17) is 9.47 Å². The van der Waals surface area contributed by atoms with E-state index >= 15 is 0 Å². The van der Waals surface area contributed by atoms with Crippen molar-refractivity contribution < 1.29 is 14.6 Å². The second kappa shape index (κ2) is 5.62. The van der Waals surface area contributed by atoms with Crippen molar-refractivity contribution in [2.75, 3.05) is 26.8 Å². The summed E-state index contributed by atoms with van der Waals surface area (Å²) in [6.45, 7) is 4.90. The summed E-state index contributed by atoms with van der Waals surface area (Å²) in [5, 5.41) is 10.7. The highest BCUT2D eigenvalue weighted by Crippen LogP contribution is 2.41. The second-order valence-corrected chi connectivity index (χ2v) is 5.94. The molecular formula is C16H23NO3. The van der Waals surface area contributed by atoms with Gasteiger partial charge in [-0.05, 0) is 31.4 Å². The number of benzene rings is 1. The van der Waals surface area contributed by atoms with E-state index < -0.39 is 6.10 Å². The van der Waals surface area contributed by atoms with Gasteiger partial charge in [0.2, 0.25) is 0 Å². The molecule has 110 valence electrons. The molecule has 2 aliphatic heterocycles. The summed E-state index contributed by atoms with van der Waals surface area (Å²) in [6, 6.07) is 5.76. The minimum atomic E-state index is -0.501. The number of ether oxygens (including phenoxy) is 2. The first-order chi connectivity index (χ1) is 9.70. The van der Waals surface area contributed by atoms with Crippen LogP contribution < -0.4 is 9.47 Å². The van der Waals surface area contributed by atoms with Crippen molar-refractivity contribution in [3.05, 3.63) is 23.8 Å². The fourth-order valence-corrected chi connectivity index (χ4v) is 3.38. The molecule has 1 fully saturated rings. The highest BCUT2D eigenvalue weighted by atomic mass is 16.5. The van der Waals surface area contributed by atoms with E-state index in [0.717, 1.165) is 18.7 Å². The molecular weight excluding hydrogens is 254 g/mol. The van der Waals surface area contributed by atoms with Crippen LogP contribution in [0.5, 0.6) is 11.5 Å². The molecule has 3 unspecified atom stereocenters. The van der Waals surface area contributed by atoms with Crippen LogP contribution in [0.4, 0.5) is 0 Å². The Morgan fingerprint density at radius 1 is 1.40 bits per heavy atom. The molecule has 1 aromatic carbocycles. The van der Waals surface area contributed by atoms with Crippen molar-refractivity contribution in [1.82, 2.24) is 4.90 Å². The molecule has 0 bridgehead atoms. The van der Waals surface area contributed by atoms with Crippen molar-refractivity contribution in [3.63, 3.8) is 0 Å². The lowest BCUT2D eigenvalue weighted by Gasteiger charge is -2.41. The van der Waals surface area contributed by atoms with E-state index in [1.807, 2.05) is 18.2 Å². The average molecular weight is 277 g/mol. The maximum absolute atomic E-state index is 10.7. The molecule has 3 atom stereocenters. The fourth-order valence-electron chi connectivity index (χ4n) is 3.38. The van der Waals surface area contributed by atoms with Gasteiger partial charge in [0, 0.05) is 12.1 Å². The van der Waals surface area contributed by atoms with Crippen LogP contribution in [-0.2, 0) is 0 Å². The molecule has 0 spiro atoms. The zero-order valence-electron chi connectivity index (χ0n) is 12.2. The van der Waals surface area contributed by atoms with Gasteiger partial charge in [0.05, 0.1) is 13.2 Å². The third-order valence-electron chi connectivity index (χ3n) is 4.47. The van der Waals surface area contributed by atoms with Crippen molar-refractivity contribution in [3.8, 4) is 11.5 Å². The van der Waals surface area contributed by atoms with Crippen molar-refractivity contribution in [2.45, 2.75) is 31.9 Å². The molecule has 2 heterocycles. The Balaban J connectivity index is 1.83. The van der Waals surface area contributed by atoms with E-state index in [1.54, 1.807) is 7.11 Å². The Morgan fingerprint density at radius 3 is 3.00 bits per heavy atom. The van der Waals surface area contributed by atoms with Gasteiger partial charge >= 0.3 is 0 Å². The lowest BCUT2D eigenvalue weighted by atomic mass is 9.93. The monoisotopic (exact) mass is 277 g/mol. The van der Waals surface area contributed by atoms with Gasteiger partial charge in [-0.2, -0.15) is 0 Å². The van der Waals surface area contributed by atoms with Crippen molar-refractivity contribution in [1.29, 1.82) is 0 Å². The Hall–Kier alpha value is -1.26. The molecule has 0 amide bonds. The van der Waals surface area contributed by atoms with Crippen LogP contribution in [-0.4, -0.2) is 42.9 Å². The third-order valence-corrected chi connectivity index (χ3v) is 4.47. The Morgan fingerprint density at radius 2 is 2.25 bits per heavy atom. The van der Waals surface area contributed by atoms with Crippen LogP contribution >= 0.6 is 0 Å².